The minimum Gasteiger partial charge on any atom is -0.501 e. The fraction of sp³-hybridized carbons (Fsp3) is 0.360. The Hall–Kier alpha value is -7.36. The number of aromatic amines is 2. The average molecular weight is 895 g/mol. The van der Waals surface area contributed by atoms with Crippen LogP contribution in [0.2, 0.25) is 0 Å². The van der Waals surface area contributed by atoms with E-state index in [1.807, 2.05) is 56.0 Å². The van der Waals surface area contributed by atoms with E-state index in [-0.39, 0.29) is 35.7 Å². The first-order valence-electron chi connectivity index (χ1n) is 22.2. The zero-order valence-electron chi connectivity index (χ0n) is 37.8. The number of alkyl carbamates (subject to hydrolysis) is 2. The number of nitrogens with one attached hydrogen (secondary N) is 4. The Bertz CT molecular complexity index is 2860. The van der Waals surface area contributed by atoms with Gasteiger partial charge in [0.25, 0.3) is 5.91 Å². The number of fused-ring (bicyclic) bond motifs is 6. The molecule has 6 aromatic rings. The summed E-state index contributed by atoms with van der Waals surface area (Å²) in [7, 11) is 4.13. The fourth-order valence-electron chi connectivity index (χ4n) is 9.78. The molecule has 4 aromatic carbocycles. The van der Waals surface area contributed by atoms with Gasteiger partial charge in [-0.1, -0.05) is 69.0 Å². The monoisotopic (exact) mass is 894 g/mol. The molecular weight excluding hydrogens is 841 g/mol. The standard InChI is InChI=1S/C50H54N8O8/c1-26(2)42(55-49(61)64-6)48(60)58-27(3)13-18-39(58)46-52-37-17-15-30-20-36-34-16-14-31(19-33(34)25-66-41(36)22-35(30)44(37)54-46)38-23-51-45(53-38)40-21-32(28(4)63-5)24-57(40)47(59)43(56-50(62)65-7)29-11-9-8-10-12-29/h8-12,14-17,19-20,22-23,26-27,32,39-40,42-43H,4,13,18,21,24-25H2,1-3,5-7H3,(H,51,53)(H,52,54)(H,55,61)(H,56,62)/t27-,32-,39-,40-,42-,43+/m0/s1. The topological polar surface area (TPSA) is 193 Å². The summed E-state index contributed by atoms with van der Waals surface area (Å²) in [5.74, 6) is 1.84. The Balaban J connectivity index is 0.981. The van der Waals surface area contributed by atoms with Crippen molar-refractivity contribution in [3.63, 3.8) is 0 Å². The van der Waals surface area contributed by atoms with Crippen molar-refractivity contribution in [2.24, 2.45) is 11.8 Å². The zero-order chi connectivity index (χ0) is 46.4. The van der Waals surface area contributed by atoms with Crippen molar-refractivity contribution in [3.8, 4) is 28.1 Å². The van der Waals surface area contributed by atoms with Crippen molar-refractivity contribution in [1.82, 2.24) is 40.4 Å². The summed E-state index contributed by atoms with van der Waals surface area (Å²) in [6.07, 6.45) is 2.48. The molecule has 0 radical (unpaired) electrons. The van der Waals surface area contributed by atoms with Gasteiger partial charge < -0.3 is 49.3 Å². The second-order valence-electron chi connectivity index (χ2n) is 17.6. The predicted molar refractivity (Wildman–Crippen MR) is 247 cm³/mol. The van der Waals surface area contributed by atoms with Crippen LogP contribution in [0.25, 0.3) is 44.2 Å². The Morgan fingerprint density at radius 1 is 0.848 bits per heavy atom. The van der Waals surface area contributed by atoms with Gasteiger partial charge in [0.1, 0.15) is 36.1 Å². The predicted octanol–water partition coefficient (Wildman–Crippen LogP) is 8.25. The molecule has 66 heavy (non-hydrogen) atoms. The van der Waals surface area contributed by atoms with Crippen LogP contribution in [-0.4, -0.2) is 93.7 Å². The number of aromatic nitrogens is 4. The van der Waals surface area contributed by atoms with E-state index < -0.39 is 30.3 Å². The van der Waals surface area contributed by atoms with Gasteiger partial charge in [-0.3, -0.25) is 9.59 Å². The van der Waals surface area contributed by atoms with Crippen molar-refractivity contribution in [1.29, 1.82) is 0 Å². The summed E-state index contributed by atoms with van der Waals surface area (Å²) < 4.78 is 21.7. The molecule has 342 valence electrons. The lowest BCUT2D eigenvalue weighted by atomic mass is 9.92. The van der Waals surface area contributed by atoms with Crippen LogP contribution in [0.3, 0.4) is 0 Å². The largest absolute Gasteiger partial charge is 0.501 e. The second-order valence-corrected chi connectivity index (χ2v) is 17.6. The molecule has 4 amide bonds. The lowest BCUT2D eigenvalue weighted by Gasteiger charge is -2.32. The number of amides is 4. The molecule has 3 aliphatic heterocycles. The highest BCUT2D eigenvalue weighted by Crippen LogP contribution is 2.44. The molecule has 0 bridgehead atoms. The summed E-state index contributed by atoms with van der Waals surface area (Å²) in [6.45, 7) is 10.6. The maximum absolute atomic E-state index is 14.4. The third-order valence-electron chi connectivity index (χ3n) is 13.3. The summed E-state index contributed by atoms with van der Waals surface area (Å²) in [4.78, 5) is 73.6. The van der Waals surface area contributed by atoms with E-state index in [0.29, 0.717) is 42.5 Å². The molecular formula is C50H54N8O8. The molecule has 0 unspecified atom stereocenters. The second kappa shape index (κ2) is 17.9. The van der Waals surface area contributed by atoms with Gasteiger partial charge in [-0.2, -0.15) is 0 Å². The van der Waals surface area contributed by atoms with Crippen LogP contribution in [0.15, 0.2) is 91.3 Å². The van der Waals surface area contributed by atoms with Crippen LogP contribution in [0.1, 0.15) is 80.9 Å². The number of hydrogen-bond donors (Lipinski definition) is 4. The van der Waals surface area contributed by atoms with Crippen LogP contribution in [0, 0.1) is 11.8 Å². The molecule has 2 saturated heterocycles. The quantitative estimate of drug-likeness (QED) is 0.0921. The lowest BCUT2D eigenvalue weighted by molar-refractivity contribution is -0.137. The summed E-state index contributed by atoms with van der Waals surface area (Å²) in [5.41, 5.74) is 6.98. The number of imidazole rings is 2. The van der Waals surface area contributed by atoms with Crippen molar-refractivity contribution < 1.29 is 38.1 Å². The van der Waals surface area contributed by atoms with Gasteiger partial charge in [-0.25, -0.2) is 19.6 Å². The molecule has 9 rings (SSSR count). The molecule has 16 nitrogen and oxygen atoms in total. The third kappa shape index (κ3) is 8.04. The average Bonchev–Trinajstić information content (AvgIpc) is 4.17. The normalized spacial score (nSPS) is 19.7. The summed E-state index contributed by atoms with van der Waals surface area (Å²) in [5, 5.41) is 7.39. The molecule has 0 spiro atoms. The maximum atomic E-state index is 14.4. The SMILES string of the molecule is C=C(OC)[C@H]1C[C@@H](c2ncc(-c3ccc4c(c3)COc3cc5c(ccc6[nH]c([C@@H]7CC[C@H](C)N7C(=O)[C@@H](NC(=O)OC)C(C)C)nc65)cc3-4)[nH]2)N(C(=O)[C@H](NC(=O)OC)c2ccccc2)C1. The molecule has 2 fully saturated rings. The Morgan fingerprint density at radius 2 is 1.62 bits per heavy atom. The molecule has 5 heterocycles. The van der Waals surface area contributed by atoms with Crippen molar-refractivity contribution >= 4 is 45.8 Å². The maximum Gasteiger partial charge on any atom is 0.407 e. The van der Waals surface area contributed by atoms with Gasteiger partial charge in [0.2, 0.25) is 5.91 Å². The van der Waals surface area contributed by atoms with Gasteiger partial charge in [0, 0.05) is 29.5 Å². The number of carbonyl (C=O) groups excluding carboxylic acids is 4. The van der Waals surface area contributed by atoms with Crippen LogP contribution < -0.4 is 15.4 Å². The zero-order valence-corrected chi connectivity index (χ0v) is 37.8. The van der Waals surface area contributed by atoms with Gasteiger partial charge in [-0.05, 0) is 84.0 Å². The van der Waals surface area contributed by atoms with E-state index >= 15 is 0 Å². The highest BCUT2D eigenvalue weighted by Gasteiger charge is 2.43. The smallest absolute Gasteiger partial charge is 0.407 e. The van der Waals surface area contributed by atoms with Crippen LogP contribution in [0.5, 0.6) is 5.75 Å². The number of hydrogen-bond acceptors (Lipinski definition) is 10. The molecule has 2 aromatic heterocycles. The minimum absolute atomic E-state index is 0.0380. The number of methoxy groups -OCH3 is 3. The van der Waals surface area contributed by atoms with E-state index in [9.17, 15) is 19.2 Å². The van der Waals surface area contributed by atoms with Crippen LogP contribution >= 0.6 is 0 Å². The van der Waals surface area contributed by atoms with Crippen LogP contribution in [-0.2, 0) is 30.4 Å². The number of likely N-dealkylation sites (tertiary alicyclic amines) is 2. The molecule has 16 heteroatoms. The minimum atomic E-state index is -0.987. The number of H-pyrrole nitrogens is 2. The number of nitrogens with zero attached hydrogens (tertiary/aromatic N) is 4. The van der Waals surface area contributed by atoms with Gasteiger partial charge in [-0.15, -0.1) is 0 Å². The molecule has 0 saturated carbocycles. The van der Waals surface area contributed by atoms with Crippen molar-refractivity contribution in [3.05, 3.63) is 114 Å². The third-order valence-corrected chi connectivity index (χ3v) is 13.3. The van der Waals surface area contributed by atoms with E-state index in [1.54, 1.807) is 30.3 Å². The van der Waals surface area contributed by atoms with Crippen molar-refractivity contribution in [2.45, 2.75) is 76.8 Å². The number of rotatable bonds is 11. The van der Waals surface area contributed by atoms with Crippen LogP contribution in [0.4, 0.5) is 9.59 Å². The number of ether oxygens (including phenoxy) is 4. The summed E-state index contributed by atoms with van der Waals surface area (Å²) >= 11 is 0. The first-order chi connectivity index (χ1) is 31.9. The highest BCUT2D eigenvalue weighted by molar-refractivity contribution is 6.07. The van der Waals surface area contributed by atoms with Gasteiger partial charge >= 0.3 is 12.2 Å². The van der Waals surface area contributed by atoms with Gasteiger partial charge in [0.15, 0.2) is 0 Å². The first kappa shape index (κ1) is 43.9. The van der Waals surface area contributed by atoms with Gasteiger partial charge in [0.05, 0.1) is 62.1 Å². The Labute approximate surface area is 382 Å². The Morgan fingerprint density at radius 3 is 2.36 bits per heavy atom. The molecule has 3 aliphatic rings. The van der Waals surface area contributed by atoms with Crippen molar-refractivity contribution in [2.75, 3.05) is 27.9 Å². The van der Waals surface area contributed by atoms with E-state index in [0.717, 1.165) is 68.3 Å². The Kier molecular flexibility index (Phi) is 11.9. The molecule has 0 aliphatic carbocycles. The van der Waals surface area contributed by atoms with E-state index in [1.165, 1.54) is 14.2 Å². The van der Waals surface area contributed by atoms with E-state index in [2.05, 4.69) is 57.5 Å². The number of carbonyl (C=O) groups is 4. The number of benzene rings is 4. The summed E-state index contributed by atoms with van der Waals surface area (Å²) in [6, 6.07) is 21.1. The van der Waals surface area contributed by atoms with E-state index in [4.69, 9.17) is 28.9 Å². The lowest BCUT2D eigenvalue weighted by Crippen LogP contribution is -2.52. The fourth-order valence-corrected chi connectivity index (χ4v) is 9.78. The molecule has 6 atom stereocenters. The molecule has 4 N–H and O–H groups in total. The highest BCUT2D eigenvalue weighted by atomic mass is 16.5. The first-order valence-corrected chi connectivity index (χ1v) is 22.2.